The average Bonchev–Trinajstić information content (AvgIpc) is 2.60. The lowest BCUT2D eigenvalue weighted by atomic mass is 10.0. The van der Waals surface area contributed by atoms with E-state index in [1.54, 1.807) is 30.3 Å². The Morgan fingerprint density at radius 2 is 1.65 bits per heavy atom. The van der Waals surface area contributed by atoms with Crippen LogP contribution in [0.25, 0.3) is 0 Å². The first-order valence-corrected chi connectivity index (χ1v) is 9.01. The Bertz CT molecular complexity index is 850. The largest absolute Gasteiger partial charge is 0.534 e. The van der Waals surface area contributed by atoms with Crippen molar-refractivity contribution in [3.8, 4) is 5.75 Å². The van der Waals surface area contributed by atoms with Crippen LogP contribution in [0.2, 0.25) is 0 Å². The molecule has 26 heavy (non-hydrogen) atoms. The van der Waals surface area contributed by atoms with Crippen molar-refractivity contribution in [3.63, 3.8) is 0 Å². The minimum atomic E-state index is -5.71. The molecule has 0 saturated carbocycles. The number of amides is 1. The van der Waals surface area contributed by atoms with Crippen LogP contribution >= 0.6 is 0 Å². The number of benzene rings is 2. The number of carbonyl (C=O) groups is 1. The van der Waals surface area contributed by atoms with Gasteiger partial charge in [-0.05, 0) is 36.2 Å². The molecule has 0 aliphatic heterocycles. The molecule has 0 aromatic heterocycles. The van der Waals surface area contributed by atoms with Crippen molar-refractivity contribution in [1.82, 2.24) is 5.32 Å². The lowest BCUT2D eigenvalue weighted by molar-refractivity contribution is -0.0500. The van der Waals surface area contributed by atoms with Crippen molar-refractivity contribution in [3.05, 3.63) is 65.7 Å². The van der Waals surface area contributed by atoms with Crippen molar-refractivity contribution in [2.45, 2.75) is 24.9 Å². The molecule has 2 aromatic carbocycles. The molecule has 140 valence electrons. The van der Waals surface area contributed by atoms with Gasteiger partial charge in [-0.3, -0.25) is 4.79 Å². The standard InChI is InChI=1S/C17H16F3NO4S/c1-2-15(21-16(22)13-6-4-3-5-7-13)12-8-10-14(11-9-12)25-26(23,24)17(18,19)20/h3-11,15H,2H2,1H3,(H,21,22)/t15-/m0/s1. The number of hydrogen-bond acceptors (Lipinski definition) is 4. The summed E-state index contributed by atoms with van der Waals surface area (Å²) in [5.41, 5.74) is -4.42. The minimum Gasteiger partial charge on any atom is -0.376 e. The van der Waals surface area contributed by atoms with Crippen molar-refractivity contribution in [2.75, 3.05) is 0 Å². The molecular formula is C17H16F3NO4S. The number of nitrogens with one attached hydrogen (secondary N) is 1. The van der Waals surface area contributed by atoms with Gasteiger partial charge in [0.1, 0.15) is 5.75 Å². The van der Waals surface area contributed by atoms with Gasteiger partial charge in [0.05, 0.1) is 6.04 Å². The molecule has 0 saturated heterocycles. The van der Waals surface area contributed by atoms with Gasteiger partial charge in [0.25, 0.3) is 5.91 Å². The average molecular weight is 387 g/mol. The summed E-state index contributed by atoms with van der Waals surface area (Å²) in [4.78, 5) is 12.2. The van der Waals surface area contributed by atoms with E-state index in [4.69, 9.17) is 0 Å². The number of alkyl halides is 3. The summed E-state index contributed by atoms with van der Waals surface area (Å²) in [5, 5.41) is 2.81. The Labute approximate surface area is 148 Å². The summed E-state index contributed by atoms with van der Waals surface area (Å²) in [7, 11) is -5.71. The maximum Gasteiger partial charge on any atom is 0.534 e. The monoisotopic (exact) mass is 387 g/mol. The molecule has 1 amide bonds. The summed E-state index contributed by atoms with van der Waals surface area (Å²) < 4.78 is 63.0. The van der Waals surface area contributed by atoms with Crippen molar-refractivity contribution >= 4 is 16.0 Å². The second-order valence-corrected chi connectivity index (χ2v) is 6.89. The molecule has 0 aliphatic carbocycles. The molecule has 0 heterocycles. The van der Waals surface area contributed by atoms with Gasteiger partial charge in [0.15, 0.2) is 0 Å². The zero-order chi connectivity index (χ0) is 19.4. The Kier molecular flexibility index (Phi) is 5.91. The van der Waals surface area contributed by atoms with Crippen molar-refractivity contribution in [2.24, 2.45) is 0 Å². The van der Waals surface area contributed by atoms with E-state index in [0.29, 0.717) is 17.5 Å². The van der Waals surface area contributed by atoms with E-state index in [9.17, 15) is 26.4 Å². The third kappa shape index (κ3) is 4.75. The van der Waals surface area contributed by atoms with Crippen LogP contribution < -0.4 is 9.50 Å². The lowest BCUT2D eigenvalue weighted by Crippen LogP contribution is -2.28. The molecule has 5 nitrogen and oxygen atoms in total. The smallest absolute Gasteiger partial charge is 0.376 e. The molecule has 1 atom stereocenters. The zero-order valence-electron chi connectivity index (χ0n) is 13.7. The van der Waals surface area contributed by atoms with E-state index in [1.165, 1.54) is 12.1 Å². The maximum atomic E-state index is 12.3. The SMILES string of the molecule is CC[C@H](NC(=O)c1ccccc1)c1ccc(OS(=O)(=O)C(F)(F)F)cc1. The second kappa shape index (κ2) is 7.77. The highest BCUT2D eigenvalue weighted by atomic mass is 32.2. The molecule has 0 radical (unpaired) electrons. The highest BCUT2D eigenvalue weighted by Gasteiger charge is 2.48. The number of carbonyl (C=O) groups excluding carboxylic acids is 1. The molecule has 0 spiro atoms. The summed E-state index contributed by atoms with van der Waals surface area (Å²) in [6.45, 7) is 1.83. The molecule has 0 fully saturated rings. The topological polar surface area (TPSA) is 72.5 Å². The third-order valence-electron chi connectivity index (χ3n) is 3.52. The predicted molar refractivity (Wildman–Crippen MR) is 89.0 cm³/mol. The molecule has 0 aliphatic rings. The van der Waals surface area contributed by atoms with E-state index in [1.807, 2.05) is 6.92 Å². The summed E-state index contributed by atoms with van der Waals surface area (Å²) in [6, 6.07) is 13.2. The molecule has 0 bridgehead atoms. The second-order valence-electron chi connectivity index (χ2n) is 5.35. The van der Waals surface area contributed by atoms with E-state index < -0.39 is 27.4 Å². The van der Waals surface area contributed by atoms with Crippen LogP contribution in [-0.4, -0.2) is 19.8 Å². The van der Waals surface area contributed by atoms with Crippen LogP contribution in [0.15, 0.2) is 54.6 Å². The first kappa shape index (κ1) is 19.8. The first-order chi connectivity index (χ1) is 12.1. The molecule has 0 unspecified atom stereocenters. The summed E-state index contributed by atoms with van der Waals surface area (Å²) in [6.07, 6.45) is 0.527. The van der Waals surface area contributed by atoms with E-state index in [-0.39, 0.29) is 5.91 Å². The Balaban J connectivity index is 2.11. The highest BCUT2D eigenvalue weighted by Crippen LogP contribution is 2.28. The van der Waals surface area contributed by atoms with Gasteiger partial charge in [-0.2, -0.15) is 21.6 Å². The fourth-order valence-electron chi connectivity index (χ4n) is 2.18. The normalized spacial score (nSPS) is 13.1. The van der Waals surface area contributed by atoms with Gasteiger partial charge in [-0.15, -0.1) is 0 Å². The highest BCUT2D eigenvalue weighted by molar-refractivity contribution is 7.88. The molecule has 9 heteroatoms. The van der Waals surface area contributed by atoms with Crippen molar-refractivity contribution < 1.29 is 30.6 Å². The summed E-state index contributed by atoms with van der Waals surface area (Å²) >= 11 is 0. The van der Waals surface area contributed by atoms with Crippen LogP contribution in [0, 0.1) is 0 Å². The van der Waals surface area contributed by atoms with Crippen LogP contribution in [0.5, 0.6) is 5.75 Å². The molecule has 1 N–H and O–H groups in total. The van der Waals surface area contributed by atoms with Crippen LogP contribution in [0.3, 0.4) is 0 Å². The molecular weight excluding hydrogens is 371 g/mol. The van der Waals surface area contributed by atoms with Gasteiger partial charge in [-0.1, -0.05) is 37.3 Å². The fraction of sp³-hybridized carbons (Fsp3) is 0.235. The Hall–Kier alpha value is -2.55. The van der Waals surface area contributed by atoms with Gasteiger partial charge >= 0.3 is 15.6 Å². The van der Waals surface area contributed by atoms with E-state index in [0.717, 1.165) is 12.1 Å². The zero-order valence-corrected chi connectivity index (χ0v) is 14.5. The van der Waals surface area contributed by atoms with Gasteiger partial charge in [-0.25, -0.2) is 0 Å². The fourth-order valence-corrected chi connectivity index (χ4v) is 2.64. The van der Waals surface area contributed by atoms with Gasteiger partial charge in [0, 0.05) is 5.56 Å². The molecule has 2 rings (SSSR count). The number of halogens is 3. The lowest BCUT2D eigenvalue weighted by Gasteiger charge is -2.18. The molecule has 2 aromatic rings. The van der Waals surface area contributed by atoms with Gasteiger partial charge < -0.3 is 9.50 Å². The van der Waals surface area contributed by atoms with Crippen LogP contribution in [0.4, 0.5) is 13.2 Å². The van der Waals surface area contributed by atoms with Crippen molar-refractivity contribution in [1.29, 1.82) is 0 Å². The predicted octanol–water partition coefficient (Wildman–Crippen LogP) is 3.80. The minimum absolute atomic E-state index is 0.294. The maximum absolute atomic E-state index is 12.3. The van der Waals surface area contributed by atoms with Gasteiger partial charge in [0.2, 0.25) is 0 Å². The Morgan fingerprint density at radius 3 is 2.15 bits per heavy atom. The number of rotatable bonds is 6. The van der Waals surface area contributed by atoms with E-state index >= 15 is 0 Å². The first-order valence-electron chi connectivity index (χ1n) is 7.60. The quantitative estimate of drug-likeness (QED) is 0.605. The Morgan fingerprint density at radius 1 is 1.08 bits per heavy atom. The van der Waals surface area contributed by atoms with Crippen LogP contribution in [0.1, 0.15) is 35.3 Å². The summed E-state index contributed by atoms with van der Waals surface area (Å²) in [5.74, 6) is -0.757. The van der Waals surface area contributed by atoms with E-state index in [2.05, 4.69) is 9.50 Å². The third-order valence-corrected chi connectivity index (χ3v) is 4.50. The number of hydrogen-bond donors (Lipinski definition) is 1. The van der Waals surface area contributed by atoms with Crippen LogP contribution in [-0.2, 0) is 10.1 Å².